The average Bonchev–Trinajstić information content (AvgIpc) is 3.34. The SMILES string of the molecule is CCNC(=NCC(C)c1c(C)noc1C)N1CCN(S(=O)(=O)Cc2ccon2)CC1. The van der Waals surface area contributed by atoms with E-state index in [1.54, 1.807) is 6.07 Å². The lowest BCUT2D eigenvalue weighted by Gasteiger charge is -2.35. The molecule has 3 heterocycles. The topological polar surface area (TPSA) is 117 Å². The molecule has 1 aliphatic heterocycles. The molecule has 1 aliphatic rings. The van der Waals surface area contributed by atoms with E-state index in [9.17, 15) is 8.42 Å². The van der Waals surface area contributed by atoms with Crippen LogP contribution in [0.25, 0.3) is 0 Å². The summed E-state index contributed by atoms with van der Waals surface area (Å²) in [5, 5.41) is 11.1. The maximum Gasteiger partial charge on any atom is 0.220 e. The van der Waals surface area contributed by atoms with Crippen LogP contribution in [0.5, 0.6) is 0 Å². The zero-order valence-corrected chi connectivity index (χ0v) is 18.8. The monoisotopic (exact) mass is 438 g/mol. The molecule has 0 radical (unpaired) electrons. The number of sulfonamides is 1. The lowest BCUT2D eigenvalue weighted by molar-refractivity contribution is 0.259. The van der Waals surface area contributed by atoms with Gasteiger partial charge in [0.15, 0.2) is 5.96 Å². The van der Waals surface area contributed by atoms with Gasteiger partial charge in [-0.3, -0.25) is 4.99 Å². The summed E-state index contributed by atoms with van der Waals surface area (Å²) in [5.74, 6) is 1.65. The molecule has 10 nitrogen and oxygen atoms in total. The summed E-state index contributed by atoms with van der Waals surface area (Å²) in [4.78, 5) is 6.90. The van der Waals surface area contributed by atoms with E-state index in [4.69, 9.17) is 14.0 Å². The average molecular weight is 439 g/mol. The van der Waals surface area contributed by atoms with Crippen molar-refractivity contribution in [3.8, 4) is 0 Å². The van der Waals surface area contributed by atoms with Crippen molar-refractivity contribution < 1.29 is 17.5 Å². The van der Waals surface area contributed by atoms with Gasteiger partial charge in [0.05, 0.1) is 11.4 Å². The van der Waals surface area contributed by atoms with Crippen molar-refractivity contribution in [2.75, 3.05) is 39.3 Å². The summed E-state index contributed by atoms with van der Waals surface area (Å²) in [6, 6.07) is 1.57. The van der Waals surface area contributed by atoms with Crippen LogP contribution in [0.4, 0.5) is 0 Å². The Morgan fingerprint density at radius 3 is 2.57 bits per heavy atom. The van der Waals surface area contributed by atoms with Crippen LogP contribution in [0, 0.1) is 13.8 Å². The highest BCUT2D eigenvalue weighted by atomic mass is 32.2. The molecule has 1 unspecified atom stereocenters. The quantitative estimate of drug-likeness (QED) is 0.510. The molecule has 0 spiro atoms. The Labute approximate surface area is 177 Å². The van der Waals surface area contributed by atoms with Crippen LogP contribution in [0.1, 0.15) is 42.5 Å². The number of hydrogen-bond acceptors (Lipinski definition) is 7. The number of aromatic nitrogens is 2. The fraction of sp³-hybridized carbons (Fsp3) is 0.632. The molecule has 1 saturated heterocycles. The Bertz CT molecular complexity index is 926. The third-order valence-corrected chi connectivity index (χ3v) is 7.00. The van der Waals surface area contributed by atoms with Gasteiger partial charge in [-0.05, 0) is 20.8 Å². The largest absolute Gasteiger partial charge is 0.364 e. The van der Waals surface area contributed by atoms with Crippen LogP contribution in [0.3, 0.4) is 0 Å². The van der Waals surface area contributed by atoms with Gasteiger partial charge in [0.1, 0.15) is 17.8 Å². The van der Waals surface area contributed by atoms with Gasteiger partial charge in [-0.1, -0.05) is 17.2 Å². The van der Waals surface area contributed by atoms with Crippen molar-refractivity contribution in [3.63, 3.8) is 0 Å². The second-order valence-electron chi connectivity index (χ2n) is 7.47. The van der Waals surface area contributed by atoms with Crippen LogP contribution in [0.2, 0.25) is 0 Å². The molecule has 3 rings (SSSR count). The Morgan fingerprint density at radius 2 is 2.00 bits per heavy atom. The molecule has 30 heavy (non-hydrogen) atoms. The summed E-state index contributed by atoms with van der Waals surface area (Å²) in [5.41, 5.74) is 2.41. The van der Waals surface area contributed by atoms with Crippen LogP contribution >= 0.6 is 0 Å². The molecular weight excluding hydrogens is 408 g/mol. The first-order chi connectivity index (χ1) is 14.3. The van der Waals surface area contributed by atoms with Crippen molar-refractivity contribution in [2.24, 2.45) is 4.99 Å². The fourth-order valence-electron chi connectivity index (χ4n) is 3.70. The van der Waals surface area contributed by atoms with Crippen LogP contribution in [0.15, 0.2) is 26.4 Å². The molecule has 0 bridgehead atoms. The highest BCUT2D eigenvalue weighted by Gasteiger charge is 2.29. The summed E-state index contributed by atoms with van der Waals surface area (Å²) in [6.45, 7) is 11.3. The first-order valence-corrected chi connectivity index (χ1v) is 11.8. The van der Waals surface area contributed by atoms with E-state index in [1.807, 2.05) is 20.8 Å². The van der Waals surface area contributed by atoms with E-state index in [0.29, 0.717) is 38.4 Å². The van der Waals surface area contributed by atoms with Crippen molar-refractivity contribution in [1.29, 1.82) is 0 Å². The number of rotatable bonds is 7. The van der Waals surface area contributed by atoms with Gasteiger partial charge >= 0.3 is 0 Å². The lowest BCUT2D eigenvalue weighted by atomic mass is 10.00. The van der Waals surface area contributed by atoms with E-state index >= 15 is 0 Å². The first kappa shape index (κ1) is 22.3. The second kappa shape index (κ2) is 9.61. The third kappa shape index (κ3) is 5.20. The minimum absolute atomic E-state index is 0.146. The normalized spacial score (nSPS) is 17.3. The van der Waals surface area contributed by atoms with E-state index < -0.39 is 10.0 Å². The van der Waals surface area contributed by atoms with Gasteiger partial charge in [-0.2, -0.15) is 4.31 Å². The predicted molar refractivity (Wildman–Crippen MR) is 113 cm³/mol. The van der Waals surface area contributed by atoms with E-state index in [-0.39, 0.29) is 11.7 Å². The van der Waals surface area contributed by atoms with Gasteiger partial charge in [-0.15, -0.1) is 0 Å². The minimum Gasteiger partial charge on any atom is -0.364 e. The molecule has 2 aromatic heterocycles. The second-order valence-corrected chi connectivity index (χ2v) is 9.44. The molecule has 1 N–H and O–H groups in total. The van der Waals surface area contributed by atoms with Crippen LogP contribution < -0.4 is 5.32 Å². The molecule has 0 aliphatic carbocycles. The number of aryl methyl sites for hydroxylation is 2. The van der Waals surface area contributed by atoms with Gasteiger partial charge < -0.3 is 19.3 Å². The van der Waals surface area contributed by atoms with Crippen molar-refractivity contribution in [2.45, 2.75) is 39.4 Å². The number of piperazine rings is 1. The van der Waals surface area contributed by atoms with Gasteiger partial charge in [0, 0.05) is 56.8 Å². The number of hydrogen-bond donors (Lipinski definition) is 1. The number of nitrogens with zero attached hydrogens (tertiary/aromatic N) is 5. The van der Waals surface area contributed by atoms with Crippen molar-refractivity contribution >= 4 is 16.0 Å². The Kier molecular flexibility index (Phi) is 7.14. The third-order valence-electron chi connectivity index (χ3n) is 5.18. The first-order valence-electron chi connectivity index (χ1n) is 10.1. The van der Waals surface area contributed by atoms with E-state index in [1.165, 1.54) is 10.6 Å². The number of aliphatic imine (C=N–C) groups is 1. The Morgan fingerprint density at radius 1 is 1.27 bits per heavy atom. The Hall–Kier alpha value is -2.40. The molecule has 1 atom stereocenters. The smallest absolute Gasteiger partial charge is 0.220 e. The number of nitrogens with one attached hydrogen (secondary N) is 1. The van der Waals surface area contributed by atoms with Crippen LogP contribution in [-0.4, -0.2) is 73.2 Å². The van der Waals surface area contributed by atoms with Gasteiger partial charge in [-0.25, -0.2) is 8.42 Å². The van der Waals surface area contributed by atoms with Gasteiger partial charge in [0.25, 0.3) is 0 Å². The highest BCUT2D eigenvalue weighted by molar-refractivity contribution is 7.88. The summed E-state index contributed by atoms with van der Waals surface area (Å²) in [6.07, 6.45) is 1.38. The van der Waals surface area contributed by atoms with Gasteiger partial charge in [0.2, 0.25) is 10.0 Å². The van der Waals surface area contributed by atoms with Crippen molar-refractivity contribution in [3.05, 3.63) is 35.0 Å². The zero-order valence-electron chi connectivity index (χ0n) is 18.0. The lowest BCUT2D eigenvalue weighted by Crippen LogP contribution is -2.54. The maximum atomic E-state index is 12.6. The molecule has 0 amide bonds. The summed E-state index contributed by atoms with van der Waals surface area (Å²) >= 11 is 0. The zero-order chi connectivity index (χ0) is 21.7. The fourth-order valence-corrected chi connectivity index (χ4v) is 5.13. The van der Waals surface area contributed by atoms with Crippen LogP contribution in [-0.2, 0) is 15.8 Å². The molecular formula is C19H30N6O4S. The number of guanidine groups is 1. The maximum absolute atomic E-state index is 12.6. The molecule has 166 valence electrons. The standard InChI is InChI=1S/C19H30N6O4S/c1-5-20-19(21-12-14(2)18-15(3)22-29-16(18)4)24-7-9-25(10-8-24)30(26,27)13-17-6-11-28-23-17/h6,11,14H,5,7-10,12-13H2,1-4H3,(H,20,21). The van der Waals surface area contributed by atoms with E-state index in [2.05, 4.69) is 27.5 Å². The summed E-state index contributed by atoms with van der Waals surface area (Å²) in [7, 11) is -3.43. The van der Waals surface area contributed by atoms with E-state index in [0.717, 1.165) is 29.5 Å². The molecule has 2 aromatic rings. The summed E-state index contributed by atoms with van der Waals surface area (Å²) < 4.78 is 36.8. The molecule has 1 fully saturated rings. The minimum atomic E-state index is -3.43. The highest BCUT2D eigenvalue weighted by Crippen LogP contribution is 2.23. The molecule has 0 aromatic carbocycles. The van der Waals surface area contributed by atoms with Crippen molar-refractivity contribution in [1.82, 2.24) is 24.8 Å². The molecule has 0 saturated carbocycles. The predicted octanol–water partition coefficient (Wildman–Crippen LogP) is 1.50. The molecule has 11 heteroatoms. The Balaban J connectivity index is 1.61.